The van der Waals surface area contributed by atoms with Crippen LogP contribution in [0.3, 0.4) is 0 Å². The van der Waals surface area contributed by atoms with E-state index in [1.54, 1.807) is 0 Å². The fourth-order valence-corrected chi connectivity index (χ4v) is 3.44. The summed E-state index contributed by atoms with van der Waals surface area (Å²) in [7, 11) is 0. The maximum atomic E-state index is 12.3. The number of carboxylic acid groups (broad SMARTS) is 1. The van der Waals surface area contributed by atoms with Crippen molar-refractivity contribution in [2.75, 3.05) is 19.8 Å². The largest absolute Gasteiger partial charge is 0.481 e. The van der Waals surface area contributed by atoms with Crippen LogP contribution in [0.2, 0.25) is 0 Å². The van der Waals surface area contributed by atoms with Gasteiger partial charge >= 0.3 is 5.97 Å². The van der Waals surface area contributed by atoms with Crippen molar-refractivity contribution in [3.8, 4) is 0 Å². The van der Waals surface area contributed by atoms with Gasteiger partial charge in [0.05, 0.1) is 5.41 Å². The van der Waals surface area contributed by atoms with Crippen LogP contribution in [0.4, 0.5) is 0 Å². The number of aliphatic carboxylic acids is 1. The van der Waals surface area contributed by atoms with E-state index in [2.05, 4.69) is 33.0 Å². The Balaban J connectivity index is 1.98. The second-order valence-corrected chi connectivity index (χ2v) is 7.29. The van der Waals surface area contributed by atoms with Crippen molar-refractivity contribution in [2.45, 2.75) is 40.5 Å². The molecular formula is C15H25NO4. The predicted molar refractivity (Wildman–Crippen MR) is 74.2 cm³/mol. The minimum Gasteiger partial charge on any atom is -0.481 e. The SMILES string of the molecule is CC1(C)C(C(=O)NCC2(C(=O)O)CCOCC2)C1(C)C. The number of ether oxygens (including phenoxy) is 1. The van der Waals surface area contributed by atoms with Gasteiger partial charge in [-0.05, 0) is 23.7 Å². The first-order valence-corrected chi connectivity index (χ1v) is 7.24. The van der Waals surface area contributed by atoms with Crippen LogP contribution in [0.25, 0.3) is 0 Å². The summed E-state index contributed by atoms with van der Waals surface area (Å²) in [6.45, 7) is 9.42. The van der Waals surface area contributed by atoms with Gasteiger partial charge in [-0.3, -0.25) is 9.59 Å². The molecular weight excluding hydrogens is 258 g/mol. The van der Waals surface area contributed by atoms with Gasteiger partial charge in [-0.25, -0.2) is 0 Å². The second-order valence-electron chi connectivity index (χ2n) is 7.29. The average molecular weight is 283 g/mol. The van der Waals surface area contributed by atoms with Gasteiger partial charge in [0.25, 0.3) is 0 Å². The van der Waals surface area contributed by atoms with Gasteiger partial charge in [0.1, 0.15) is 0 Å². The number of carbonyl (C=O) groups is 2. The van der Waals surface area contributed by atoms with Crippen LogP contribution >= 0.6 is 0 Å². The Morgan fingerprint density at radius 2 is 1.65 bits per heavy atom. The highest BCUT2D eigenvalue weighted by Gasteiger charge is 2.68. The highest BCUT2D eigenvalue weighted by atomic mass is 16.5. The summed E-state index contributed by atoms with van der Waals surface area (Å²) < 4.78 is 5.23. The zero-order chi connectivity index (χ0) is 15.2. The molecule has 0 aromatic rings. The Morgan fingerprint density at radius 1 is 1.15 bits per heavy atom. The number of amides is 1. The van der Waals surface area contributed by atoms with Gasteiger partial charge in [0.15, 0.2) is 0 Å². The van der Waals surface area contributed by atoms with Gasteiger partial charge < -0.3 is 15.2 Å². The molecule has 5 heteroatoms. The summed E-state index contributed by atoms with van der Waals surface area (Å²) in [6.07, 6.45) is 0.917. The predicted octanol–water partition coefficient (Wildman–Crippen LogP) is 1.67. The van der Waals surface area contributed by atoms with E-state index in [9.17, 15) is 14.7 Å². The zero-order valence-corrected chi connectivity index (χ0v) is 12.8. The molecule has 2 N–H and O–H groups in total. The second kappa shape index (κ2) is 4.72. The van der Waals surface area contributed by atoms with E-state index < -0.39 is 11.4 Å². The minimum atomic E-state index is -0.864. The van der Waals surface area contributed by atoms with Crippen molar-refractivity contribution in [1.29, 1.82) is 0 Å². The first-order valence-electron chi connectivity index (χ1n) is 7.24. The van der Waals surface area contributed by atoms with Crippen LogP contribution in [0, 0.1) is 22.2 Å². The van der Waals surface area contributed by atoms with Gasteiger partial charge in [0.2, 0.25) is 5.91 Å². The summed E-state index contributed by atoms with van der Waals surface area (Å²) in [5, 5.41) is 12.3. The van der Waals surface area contributed by atoms with E-state index >= 15 is 0 Å². The molecule has 2 rings (SSSR count). The Hall–Kier alpha value is -1.10. The molecule has 2 fully saturated rings. The number of carbonyl (C=O) groups excluding carboxylic acids is 1. The third kappa shape index (κ3) is 2.22. The molecule has 2 aliphatic rings. The fraction of sp³-hybridized carbons (Fsp3) is 0.867. The van der Waals surface area contributed by atoms with E-state index in [0.29, 0.717) is 26.1 Å². The lowest BCUT2D eigenvalue weighted by molar-refractivity contribution is -0.154. The third-order valence-corrected chi connectivity index (χ3v) is 5.79. The fourth-order valence-electron chi connectivity index (χ4n) is 3.44. The molecule has 1 aliphatic heterocycles. The normalized spacial score (nSPS) is 26.8. The molecule has 1 amide bonds. The number of carboxylic acids is 1. The van der Waals surface area contributed by atoms with Crippen molar-refractivity contribution in [2.24, 2.45) is 22.2 Å². The first kappa shape index (κ1) is 15.3. The molecule has 0 aromatic carbocycles. The van der Waals surface area contributed by atoms with Gasteiger partial charge in [-0.1, -0.05) is 27.7 Å². The van der Waals surface area contributed by atoms with E-state index in [1.165, 1.54) is 0 Å². The molecule has 0 radical (unpaired) electrons. The third-order valence-electron chi connectivity index (χ3n) is 5.79. The van der Waals surface area contributed by atoms with Gasteiger partial charge in [-0.2, -0.15) is 0 Å². The Bertz CT molecular complexity index is 408. The van der Waals surface area contributed by atoms with Crippen molar-refractivity contribution in [1.82, 2.24) is 5.32 Å². The lowest BCUT2D eigenvalue weighted by atomic mass is 9.80. The minimum absolute atomic E-state index is 0.0212. The van der Waals surface area contributed by atoms with Crippen LogP contribution in [0.15, 0.2) is 0 Å². The summed E-state index contributed by atoms with van der Waals surface area (Å²) in [6, 6.07) is 0. The molecule has 20 heavy (non-hydrogen) atoms. The smallest absolute Gasteiger partial charge is 0.311 e. The summed E-state index contributed by atoms with van der Waals surface area (Å²) in [5.74, 6) is -0.900. The van der Waals surface area contributed by atoms with Crippen molar-refractivity contribution in [3.05, 3.63) is 0 Å². The molecule has 0 spiro atoms. The molecule has 0 unspecified atom stereocenters. The molecule has 1 saturated carbocycles. The molecule has 1 heterocycles. The quantitative estimate of drug-likeness (QED) is 0.823. The van der Waals surface area contributed by atoms with Gasteiger partial charge in [-0.15, -0.1) is 0 Å². The van der Waals surface area contributed by atoms with Crippen LogP contribution in [0.5, 0.6) is 0 Å². The van der Waals surface area contributed by atoms with Crippen LogP contribution in [-0.2, 0) is 14.3 Å². The van der Waals surface area contributed by atoms with Crippen LogP contribution in [-0.4, -0.2) is 36.7 Å². The summed E-state index contributed by atoms with van der Waals surface area (Å²) in [5.41, 5.74) is -0.913. The Morgan fingerprint density at radius 3 is 2.05 bits per heavy atom. The zero-order valence-electron chi connectivity index (χ0n) is 12.8. The van der Waals surface area contributed by atoms with E-state index in [0.717, 1.165) is 0 Å². The standard InChI is InChI=1S/C15H25NO4/c1-13(2)10(14(13,3)4)11(17)16-9-15(12(18)19)5-7-20-8-6-15/h10H,5-9H2,1-4H3,(H,16,17)(H,18,19). The number of hydrogen-bond donors (Lipinski definition) is 2. The lowest BCUT2D eigenvalue weighted by Crippen LogP contribution is -2.47. The van der Waals surface area contributed by atoms with Crippen LogP contribution in [0.1, 0.15) is 40.5 Å². The van der Waals surface area contributed by atoms with Crippen molar-refractivity contribution >= 4 is 11.9 Å². The molecule has 1 aliphatic carbocycles. The van der Waals surface area contributed by atoms with Crippen molar-refractivity contribution < 1.29 is 19.4 Å². The Kier molecular flexibility index (Phi) is 3.61. The summed E-state index contributed by atoms with van der Waals surface area (Å²) in [4.78, 5) is 23.8. The average Bonchev–Trinajstić information content (AvgIpc) is 2.78. The van der Waals surface area contributed by atoms with E-state index in [4.69, 9.17) is 4.74 Å². The monoisotopic (exact) mass is 283 g/mol. The van der Waals surface area contributed by atoms with Crippen molar-refractivity contribution in [3.63, 3.8) is 0 Å². The number of nitrogens with one attached hydrogen (secondary N) is 1. The van der Waals surface area contributed by atoms with E-state index in [-0.39, 0.29) is 29.2 Å². The molecule has 1 saturated heterocycles. The highest BCUT2D eigenvalue weighted by molar-refractivity contribution is 5.85. The van der Waals surface area contributed by atoms with Crippen LogP contribution < -0.4 is 5.32 Å². The topological polar surface area (TPSA) is 75.6 Å². The molecule has 114 valence electrons. The number of rotatable bonds is 4. The molecule has 0 atom stereocenters. The lowest BCUT2D eigenvalue weighted by Gasteiger charge is -2.33. The Labute approximate surface area is 120 Å². The molecule has 0 aromatic heterocycles. The number of hydrogen-bond acceptors (Lipinski definition) is 3. The maximum absolute atomic E-state index is 12.3. The van der Waals surface area contributed by atoms with E-state index in [1.807, 2.05) is 0 Å². The molecule has 5 nitrogen and oxygen atoms in total. The highest BCUT2D eigenvalue weighted by Crippen LogP contribution is 2.68. The maximum Gasteiger partial charge on any atom is 0.311 e. The van der Waals surface area contributed by atoms with Gasteiger partial charge in [0, 0.05) is 25.7 Å². The first-order chi connectivity index (χ1) is 9.15. The summed E-state index contributed by atoms with van der Waals surface area (Å²) >= 11 is 0. The molecule has 0 bridgehead atoms.